The fraction of sp³-hybridized carbons (Fsp3) is 0.647. The Kier molecular flexibility index (Phi) is 4.30. The van der Waals surface area contributed by atoms with Gasteiger partial charge in [-0.2, -0.15) is 0 Å². The average molecular weight is 353 g/mol. The number of benzene rings is 1. The first-order valence-corrected chi connectivity index (χ1v) is 8.81. The van der Waals surface area contributed by atoms with E-state index in [1.807, 2.05) is 6.92 Å². The average Bonchev–Trinajstić information content (AvgIpc) is 2.46. The monoisotopic (exact) mass is 352 g/mol. The van der Waals surface area contributed by atoms with Gasteiger partial charge in [0.25, 0.3) is 0 Å². The van der Waals surface area contributed by atoms with Crippen molar-refractivity contribution in [3.05, 3.63) is 28.2 Å². The fourth-order valence-electron chi connectivity index (χ4n) is 3.85. The van der Waals surface area contributed by atoms with Gasteiger partial charge in [-0.1, -0.05) is 18.9 Å². The first-order chi connectivity index (χ1) is 9.99. The Morgan fingerprint density at radius 2 is 2.19 bits per heavy atom. The van der Waals surface area contributed by atoms with E-state index in [1.165, 1.54) is 18.5 Å². The number of halogens is 1. The molecule has 1 aliphatic heterocycles. The zero-order valence-electron chi connectivity index (χ0n) is 12.7. The number of hydrogen-bond acceptors (Lipinski definition) is 3. The fourth-order valence-corrected chi connectivity index (χ4v) is 4.50. The quantitative estimate of drug-likeness (QED) is 0.854. The van der Waals surface area contributed by atoms with Crippen LogP contribution in [0.3, 0.4) is 0 Å². The summed E-state index contributed by atoms with van der Waals surface area (Å²) < 4.78 is 1.11. The summed E-state index contributed by atoms with van der Waals surface area (Å²) in [5.41, 5.74) is 7.92. The molecule has 0 spiro atoms. The highest BCUT2D eigenvalue weighted by atomic mass is 79.9. The number of fused-ring (bicyclic) bond motifs is 1. The standard InChI is InChI=1S/C17H25BrN2O/c1-12(19)13-5-6-16(15(18)10-13)20-9-8-17(21)7-3-2-4-14(17)11-20/h5-6,10,12,14,21H,2-4,7-9,11,19H2,1H3/t12-,14?,17?/m1/s1. The van der Waals surface area contributed by atoms with Crippen LogP contribution in [0.25, 0.3) is 0 Å². The van der Waals surface area contributed by atoms with Crippen LogP contribution < -0.4 is 10.6 Å². The lowest BCUT2D eigenvalue weighted by Crippen LogP contribution is -2.53. The third-order valence-corrected chi connectivity index (χ3v) is 5.90. The zero-order valence-corrected chi connectivity index (χ0v) is 14.3. The number of hydrogen-bond donors (Lipinski definition) is 2. The normalized spacial score (nSPS) is 30.9. The van der Waals surface area contributed by atoms with Crippen molar-refractivity contribution in [2.24, 2.45) is 11.7 Å². The number of nitrogens with zero attached hydrogens (tertiary/aromatic N) is 1. The summed E-state index contributed by atoms with van der Waals surface area (Å²) in [5, 5.41) is 10.8. The third kappa shape index (κ3) is 2.99. The largest absolute Gasteiger partial charge is 0.389 e. The van der Waals surface area contributed by atoms with Crippen molar-refractivity contribution in [2.45, 2.75) is 50.7 Å². The lowest BCUT2D eigenvalue weighted by molar-refractivity contribution is -0.0612. The predicted octanol–water partition coefficient (Wildman–Crippen LogP) is 3.60. The SMILES string of the molecule is C[C@@H](N)c1ccc(N2CCC3(O)CCCCC3C2)c(Br)c1. The Hall–Kier alpha value is -0.580. The van der Waals surface area contributed by atoms with E-state index in [0.717, 1.165) is 42.4 Å². The van der Waals surface area contributed by atoms with E-state index in [0.29, 0.717) is 5.92 Å². The number of nitrogens with two attached hydrogens (primary N) is 1. The van der Waals surface area contributed by atoms with Gasteiger partial charge in [-0.15, -0.1) is 0 Å². The molecule has 1 aromatic rings. The number of piperidine rings is 1. The summed E-state index contributed by atoms with van der Waals surface area (Å²) in [5.74, 6) is 0.417. The Labute approximate surface area is 135 Å². The summed E-state index contributed by atoms with van der Waals surface area (Å²) in [6.07, 6.45) is 5.46. The van der Waals surface area contributed by atoms with Crippen LogP contribution in [0.15, 0.2) is 22.7 Å². The van der Waals surface area contributed by atoms with Crippen LogP contribution >= 0.6 is 15.9 Å². The number of anilines is 1. The molecule has 2 unspecified atom stereocenters. The highest BCUT2D eigenvalue weighted by Gasteiger charge is 2.42. The molecule has 116 valence electrons. The minimum atomic E-state index is -0.410. The molecule has 4 heteroatoms. The van der Waals surface area contributed by atoms with Crippen molar-refractivity contribution >= 4 is 21.6 Å². The Bertz CT molecular complexity index is 520. The van der Waals surface area contributed by atoms with Crippen LogP contribution in [0.1, 0.15) is 50.6 Å². The molecule has 1 aliphatic carbocycles. The second-order valence-electron chi connectivity index (χ2n) is 6.74. The smallest absolute Gasteiger partial charge is 0.0709 e. The summed E-state index contributed by atoms with van der Waals surface area (Å²) in [6, 6.07) is 6.46. The first kappa shape index (κ1) is 15.3. The van der Waals surface area contributed by atoms with E-state index in [4.69, 9.17) is 5.73 Å². The van der Waals surface area contributed by atoms with E-state index >= 15 is 0 Å². The van der Waals surface area contributed by atoms with Gasteiger partial charge in [-0.05, 0) is 59.8 Å². The van der Waals surface area contributed by atoms with Gasteiger partial charge in [0.1, 0.15) is 0 Å². The van der Waals surface area contributed by atoms with Crippen molar-refractivity contribution < 1.29 is 5.11 Å². The van der Waals surface area contributed by atoms with E-state index in [1.54, 1.807) is 0 Å². The summed E-state index contributed by atoms with van der Waals surface area (Å²) in [6.45, 7) is 3.90. The van der Waals surface area contributed by atoms with Gasteiger partial charge in [-0.3, -0.25) is 0 Å². The van der Waals surface area contributed by atoms with Crippen LogP contribution in [0.2, 0.25) is 0 Å². The summed E-state index contributed by atoms with van der Waals surface area (Å²) in [7, 11) is 0. The third-order valence-electron chi connectivity index (χ3n) is 5.27. The van der Waals surface area contributed by atoms with Crippen LogP contribution in [-0.4, -0.2) is 23.8 Å². The van der Waals surface area contributed by atoms with Crippen molar-refractivity contribution in [1.29, 1.82) is 0 Å². The molecule has 3 rings (SSSR count). The van der Waals surface area contributed by atoms with E-state index in [2.05, 4.69) is 39.0 Å². The van der Waals surface area contributed by atoms with Crippen molar-refractivity contribution in [3.63, 3.8) is 0 Å². The molecule has 21 heavy (non-hydrogen) atoms. The van der Waals surface area contributed by atoms with Gasteiger partial charge in [0, 0.05) is 29.5 Å². The van der Waals surface area contributed by atoms with Gasteiger partial charge in [0.2, 0.25) is 0 Å². The molecule has 0 bridgehead atoms. The highest BCUT2D eigenvalue weighted by molar-refractivity contribution is 9.10. The topological polar surface area (TPSA) is 49.5 Å². The predicted molar refractivity (Wildman–Crippen MR) is 90.5 cm³/mol. The molecule has 0 radical (unpaired) electrons. The van der Waals surface area contributed by atoms with Gasteiger partial charge < -0.3 is 15.7 Å². The Balaban J connectivity index is 1.79. The van der Waals surface area contributed by atoms with Crippen molar-refractivity contribution in [3.8, 4) is 0 Å². The zero-order chi connectivity index (χ0) is 15.0. The van der Waals surface area contributed by atoms with E-state index in [9.17, 15) is 5.11 Å². The maximum absolute atomic E-state index is 10.8. The first-order valence-electron chi connectivity index (χ1n) is 8.02. The molecule has 3 nitrogen and oxygen atoms in total. The van der Waals surface area contributed by atoms with Gasteiger partial charge in [-0.25, -0.2) is 0 Å². The summed E-state index contributed by atoms with van der Waals surface area (Å²) >= 11 is 3.69. The maximum Gasteiger partial charge on any atom is 0.0709 e. The molecular formula is C17H25BrN2O. The molecular weight excluding hydrogens is 328 g/mol. The van der Waals surface area contributed by atoms with Gasteiger partial charge >= 0.3 is 0 Å². The summed E-state index contributed by atoms with van der Waals surface area (Å²) in [4.78, 5) is 2.42. The van der Waals surface area contributed by atoms with Crippen LogP contribution in [-0.2, 0) is 0 Å². The minimum absolute atomic E-state index is 0.0557. The van der Waals surface area contributed by atoms with Crippen LogP contribution in [0, 0.1) is 5.92 Å². The van der Waals surface area contributed by atoms with Crippen molar-refractivity contribution in [2.75, 3.05) is 18.0 Å². The molecule has 0 aromatic heterocycles. The minimum Gasteiger partial charge on any atom is -0.389 e. The lowest BCUT2D eigenvalue weighted by Gasteiger charge is -2.48. The molecule has 1 aromatic carbocycles. The second-order valence-corrected chi connectivity index (χ2v) is 7.60. The van der Waals surface area contributed by atoms with E-state index in [-0.39, 0.29) is 6.04 Å². The molecule has 1 saturated heterocycles. The van der Waals surface area contributed by atoms with Gasteiger partial charge in [0.05, 0.1) is 11.3 Å². The van der Waals surface area contributed by atoms with Crippen molar-refractivity contribution in [1.82, 2.24) is 0 Å². The number of rotatable bonds is 2. The van der Waals surface area contributed by atoms with E-state index < -0.39 is 5.60 Å². The Morgan fingerprint density at radius 3 is 2.90 bits per heavy atom. The molecule has 2 fully saturated rings. The maximum atomic E-state index is 10.8. The lowest BCUT2D eigenvalue weighted by atomic mass is 9.71. The molecule has 3 atom stereocenters. The molecule has 2 aliphatic rings. The molecule has 3 N–H and O–H groups in total. The highest BCUT2D eigenvalue weighted by Crippen LogP contribution is 2.42. The molecule has 0 amide bonds. The molecule has 1 heterocycles. The number of aliphatic hydroxyl groups is 1. The van der Waals surface area contributed by atoms with Gasteiger partial charge in [0.15, 0.2) is 0 Å². The van der Waals surface area contributed by atoms with Crippen LogP contribution in [0.4, 0.5) is 5.69 Å². The second kappa shape index (κ2) is 5.90. The molecule has 1 saturated carbocycles. The van der Waals surface area contributed by atoms with Crippen LogP contribution in [0.5, 0.6) is 0 Å². The Morgan fingerprint density at radius 1 is 1.38 bits per heavy atom.